The monoisotopic (exact) mass is 1130 g/mol. The number of anilines is 2. The highest BCUT2D eigenvalue weighted by molar-refractivity contribution is 5.45. The van der Waals surface area contributed by atoms with Gasteiger partial charge >= 0.3 is 0 Å². The van der Waals surface area contributed by atoms with Crippen molar-refractivity contribution in [1.82, 2.24) is 0 Å². The van der Waals surface area contributed by atoms with Crippen LogP contribution in [0.1, 0.15) is 120 Å². The smallest absolute Gasteiger partial charge is 0.187 e. The van der Waals surface area contributed by atoms with Crippen LogP contribution in [0.5, 0.6) is 0 Å². The Morgan fingerprint density at radius 2 is 0.744 bits per heavy atom. The number of nitrogens with one attached hydrogen (secondary N) is 2. The molecule has 4 aromatic rings. The topological polar surface area (TPSA) is 146 Å². The summed E-state index contributed by atoms with van der Waals surface area (Å²) in [6.07, 6.45) is -6.13. The Balaban J connectivity index is 1.04. The van der Waals surface area contributed by atoms with Crippen molar-refractivity contribution < 1.29 is 57.2 Å². The molecule has 0 amide bonds. The summed E-state index contributed by atoms with van der Waals surface area (Å²) in [4.78, 5) is 0. The number of aliphatic hydroxyl groups is 1. The molecule has 0 radical (unpaired) electrons. The Bertz CT molecular complexity index is 2460. The molecule has 0 aliphatic carbocycles. The Labute approximate surface area is 490 Å². The molecule has 10 unspecified atom stereocenters. The predicted molar refractivity (Wildman–Crippen MR) is 318 cm³/mol. The summed E-state index contributed by atoms with van der Waals surface area (Å²) in [6.45, 7) is 27.1. The van der Waals surface area contributed by atoms with Crippen molar-refractivity contribution in [3.05, 3.63) is 132 Å². The second-order valence-electron chi connectivity index (χ2n) is 24.5. The third-order valence-corrected chi connectivity index (χ3v) is 19.4. The molecule has 3 N–H and O–H groups in total. The lowest BCUT2D eigenvalue weighted by molar-refractivity contribution is -0.377. The number of rotatable bonds is 23. The Kier molecular flexibility index (Phi) is 22.4. The van der Waals surface area contributed by atoms with Crippen LogP contribution in [0, 0.1) is 47.3 Å². The molecule has 9 rings (SSSR count). The van der Waals surface area contributed by atoms with Crippen LogP contribution in [-0.4, -0.2) is 116 Å². The van der Waals surface area contributed by atoms with Gasteiger partial charge in [0.2, 0.25) is 0 Å². The zero-order valence-corrected chi connectivity index (χ0v) is 50.9. The third kappa shape index (κ3) is 14.6. The van der Waals surface area contributed by atoms with Crippen molar-refractivity contribution in [3.8, 4) is 0 Å². The zero-order chi connectivity index (χ0) is 58.0. The highest BCUT2D eigenvalue weighted by atomic mass is 16.8. The second-order valence-corrected chi connectivity index (χ2v) is 24.5. The summed E-state index contributed by atoms with van der Waals surface area (Å²) in [6, 6.07) is 40.0. The average Bonchev–Trinajstić information content (AvgIpc) is 3.37. The van der Waals surface area contributed by atoms with E-state index in [-0.39, 0.29) is 61.2 Å². The molecule has 5 aliphatic heterocycles. The second kappa shape index (κ2) is 29.4. The van der Waals surface area contributed by atoms with E-state index >= 15 is 0 Å². The molecule has 4 aromatic carbocycles. The molecule has 82 heavy (non-hydrogen) atoms. The van der Waals surface area contributed by atoms with Crippen molar-refractivity contribution in [2.24, 2.45) is 47.3 Å². The van der Waals surface area contributed by atoms with E-state index in [1.807, 2.05) is 84.9 Å². The summed E-state index contributed by atoms with van der Waals surface area (Å²) in [5.41, 5.74) is 3.91. The minimum atomic E-state index is -1.19. The number of benzene rings is 4. The van der Waals surface area contributed by atoms with Gasteiger partial charge in [-0.05, 0) is 84.7 Å². The van der Waals surface area contributed by atoms with Gasteiger partial charge in [0.25, 0.3) is 0 Å². The first-order chi connectivity index (χ1) is 39.7. The van der Waals surface area contributed by atoms with Crippen LogP contribution in [0.2, 0.25) is 0 Å². The van der Waals surface area contributed by atoms with E-state index in [4.69, 9.17) is 52.1 Å². The van der Waals surface area contributed by atoms with Crippen molar-refractivity contribution in [2.45, 2.75) is 227 Å². The van der Waals surface area contributed by atoms with Crippen LogP contribution in [0.3, 0.4) is 0 Å². The van der Waals surface area contributed by atoms with E-state index in [9.17, 15) is 5.11 Å². The number of hydrogen-bond acceptors (Lipinski definition) is 14. The van der Waals surface area contributed by atoms with Crippen LogP contribution in [0.25, 0.3) is 0 Å². The van der Waals surface area contributed by atoms with Gasteiger partial charge in [-0.1, -0.05) is 180 Å². The normalized spacial score (nSPS) is 39.8. The summed E-state index contributed by atoms with van der Waals surface area (Å²) in [5, 5.41) is 20.5. The van der Waals surface area contributed by atoms with E-state index in [1.165, 1.54) is 0 Å². The molecule has 5 saturated heterocycles. The Hall–Kier alpha value is -4.00. The lowest BCUT2D eigenvalue weighted by Gasteiger charge is -2.52. The first-order valence-corrected chi connectivity index (χ1v) is 31.2. The maximum Gasteiger partial charge on any atom is 0.187 e. The van der Waals surface area contributed by atoms with Crippen molar-refractivity contribution in [2.75, 3.05) is 17.2 Å². The lowest BCUT2D eigenvalue weighted by Crippen LogP contribution is -2.66. The summed E-state index contributed by atoms with van der Waals surface area (Å²) in [7, 11) is 0. The first kappa shape index (κ1) is 62.5. The van der Waals surface area contributed by atoms with Crippen molar-refractivity contribution in [1.29, 1.82) is 0 Å². The molecular weight excluding hydrogens is 1040 g/mol. The van der Waals surface area contributed by atoms with E-state index in [0.29, 0.717) is 43.1 Å². The standard InChI is InChI=1S/C68H98N2O12/c1-13-52-42(7)40(5)44(9)64(75-52)74-39-56-59(71)62(82-65-45(10)41(6)43(8)53(14-2)76-65)63(72-37-48-29-21-17-22-30-48)68(79-56)81-61-47(12)58(70-51-35-27-20-28-36-51)67(78-55(61)16-4)80-60-46(11)57(69-50-33-25-19-26-34-50)66(77-54(60)15-3)73-38-49-31-23-18-24-32-49/h17-36,40-47,52-71H,13-16,37-39H2,1-12H3/t40?,41?,42-,43+,44+,45-,46+,47+,52?,53?,54?,55?,56?,57?,58?,59+,60-,61-,62-,63?,64-,65-,66+,67-,68-/m0/s1. The largest absolute Gasteiger partial charge is 0.387 e. The molecule has 14 nitrogen and oxygen atoms in total. The number of aliphatic hydroxyl groups excluding tert-OH is 1. The Morgan fingerprint density at radius 1 is 0.354 bits per heavy atom. The minimum Gasteiger partial charge on any atom is -0.387 e. The number of ether oxygens (including phenoxy) is 11. The first-order valence-electron chi connectivity index (χ1n) is 31.2. The number of hydrogen-bond donors (Lipinski definition) is 3. The van der Waals surface area contributed by atoms with Crippen LogP contribution < -0.4 is 10.6 Å². The minimum absolute atomic E-state index is 0.0160. The highest BCUT2D eigenvalue weighted by Gasteiger charge is 2.55. The lowest BCUT2D eigenvalue weighted by atomic mass is 9.78. The fraction of sp³-hybridized carbons (Fsp3) is 0.647. The van der Waals surface area contributed by atoms with Crippen LogP contribution in [0.4, 0.5) is 11.4 Å². The van der Waals surface area contributed by atoms with Gasteiger partial charge in [-0.2, -0.15) is 0 Å². The van der Waals surface area contributed by atoms with Gasteiger partial charge in [0.1, 0.15) is 24.4 Å². The van der Waals surface area contributed by atoms with Crippen LogP contribution in [0.15, 0.2) is 121 Å². The van der Waals surface area contributed by atoms with Crippen LogP contribution >= 0.6 is 0 Å². The third-order valence-electron chi connectivity index (χ3n) is 19.4. The highest BCUT2D eigenvalue weighted by Crippen LogP contribution is 2.43. The van der Waals surface area contributed by atoms with Gasteiger partial charge in [0.15, 0.2) is 31.5 Å². The molecule has 452 valence electrons. The van der Waals surface area contributed by atoms with Gasteiger partial charge in [-0.15, -0.1) is 0 Å². The van der Waals surface area contributed by atoms with Gasteiger partial charge < -0.3 is 67.8 Å². The SMILES string of the molecule is CCC1O[C@H](OCC2O[C@@H](O[C@@H]3C(CC)O[C@@H](O[C@@H]4C(CC)O[C@@H](OCc5ccccc5)C(Nc5ccccc5)[C@H]4C)C(Nc4ccccc4)[C@H]3C)C(OCc3ccccc3)[C@@H](O[C@@H]3OC(CC)[C@H](C)C(C)[C@@H]3C)[C@@H]2O)[C@H](C)C(C)[C@@H]1C. The predicted octanol–water partition coefficient (Wildman–Crippen LogP) is 12.6. The summed E-state index contributed by atoms with van der Waals surface area (Å²) < 4.78 is 77.6. The molecule has 0 spiro atoms. The maximum atomic E-state index is 12.8. The van der Waals surface area contributed by atoms with E-state index < -0.39 is 80.2 Å². The molecule has 25 atom stereocenters. The fourth-order valence-corrected chi connectivity index (χ4v) is 13.3. The Morgan fingerprint density at radius 3 is 1.24 bits per heavy atom. The molecule has 5 fully saturated rings. The summed E-state index contributed by atoms with van der Waals surface area (Å²) in [5.74, 6) is 1.13. The molecule has 14 heteroatoms. The number of para-hydroxylation sites is 2. The van der Waals surface area contributed by atoms with E-state index in [1.54, 1.807) is 0 Å². The van der Waals surface area contributed by atoms with Gasteiger partial charge in [-0.3, -0.25) is 0 Å². The molecule has 0 bridgehead atoms. The van der Waals surface area contributed by atoms with Gasteiger partial charge in [-0.25, -0.2) is 0 Å². The van der Waals surface area contributed by atoms with E-state index in [2.05, 4.69) is 130 Å². The van der Waals surface area contributed by atoms with Gasteiger partial charge in [0.05, 0.1) is 68.5 Å². The molecular formula is C68H98N2O12. The summed E-state index contributed by atoms with van der Waals surface area (Å²) >= 11 is 0. The maximum absolute atomic E-state index is 12.8. The zero-order valence-electron chi connectivity index (χ0n) is 50.9. The fourth-order valence-electron chi connectivity index (χ4n) is 13.3. The average molecular weight is 1140 g/mol. The van der Waals surface area contributed by atoms with Crippen molar-refractivity contribution in [3.63, 3.8) is 0 Å². The van der Waals surface area contributed by atoms with Crippen LogP contribution in [-0.2, 0) is 65.3 Å². The molecule has 5 aliphatic rings. The molecule has 0 aromatic heterocycles. The van der Waals surface area contributed by atoms with Crippen molar-refractivity contribution >= 4 is 11.4 Å². The van der Waals surface area contributed by atoms with Gasteiger partial charge in [0, 0.05) is 35.0 Å². The van der Waals surface area contributed by atoms with E-state index in [0.717, 1.165) is 35.3 Å². The quantitative estimate of drug-likeness (QED) is 0.0647. The molecule has 0 saturated carbocycles. The molecule has 5 heterocycles.